The fourth-order valence-electron chi connectivity index (χ4n) is 5.21. The van der Waals surface area contributed by atoms with Gasteiger partial charge in [0, 0.05) is 28.5 Å². The topological polar surface area (TPSA) is 40.8 Å². The van der Waals surface area contributed by atoms with Crippen molar-refractivity contribution in [2.45, 2.75) is 13.8 Å². The maximum Gasteiger partial charge on any atom is 0.216 e. The van der Waals surface area contributed by atoms with Gasteiger partial charge in [-0.25, -0.2) is 4.57 Å². The lowest BCUT2D eigenvalue weighted by Gasteiger charge is -2.10. The number of fused-ring (bicyclic) bond motifs is 3. The summed E-state index contributed by atoms with van der Waals surface area (Å²) in [4.78, 5) is 0. The van der Waals surface area contributed by atoms with Gasteiger partial charge in [-0.3, -0.25) is 0 Å². The highest BCUT2D eigenvalue weighted by Gasteiger charge is 2.23. The van der Waals surface area contributed by atoms with E-state index in [9.17, 15) is 5.26 Å². The van der Waals surface area contributed by atoms with Gasteiger partial charge in [-0.05, 0) is 65.9 Å². The first kappa shape index (κ1) is 21.8. The van der Waals surface area contributed by atoms with Crippen LogP contribution >= 0.6 is 0 Å². The van der Waals surface area contributed by atoms with Crippen LogP contribution < -0.4 is 4.57 Å². The summed E-state index contributed by atoms with van der Waals surface area (Å²) in [6.07, 6.45) is 2.05. The average Bonchev–Trinajstić information content (AvgIpc) is 3.27. The van der Waals surface area contributed by atoms with Gasteiger partial charge in [0.1, 0.15) is 18.2 Å². The number of nitrogens with zero attached hydrogens (tertiary/aromatic N) is 2. The van der Waals surface area contributed by atoms with Crippen LogP contribution in [0.4, 0.5) is 0 Å². The summed E-state index contributed by atoms with van der Waals surface area (Å²) in [5.41, 5.74) is 10.7. The number of benzene rings is 4. The van der Waals surface area contributed by atoms with Gasteiger partial charge < -0.3 is 4.42 Å². The maximum absolute atomic E-state index is 10.1. The summed E-state index contributed by atoms with van der Waals surface area (Å²) in [5, 5.41) is 12.2. The van der Waals surface area contributed by atoms with E-state index >= 15 is 0 Å². The van der Waals surface area contributed by atoms with E-state index in [4.69, 9.17) is 4.42 Å². The largest absolute Gasteiger partial charge is 0.454 e. The third-order valence-electron chi connectivity index (χ3n) is 6.92. The van der Waals surface area contributed by atoms with E-state index in [0.29, 0.717) is 5.56 Å². The Morgan fingerprint density at radius 1 is 0.694 bits per heavy atom. The second kappa shape index (κ2) is 8.52. The first-order valence-electron chi connectivity index (χ1n) is 12.1. The molecule has 2 heterocycles. The quantitative estimate of drug-likeness (QED) is 0.249. The number of hydrogen-bond acceptors (Lipinski definition) is 2. The summed E-state index contributed by atoms with van der Waals surface area (Å²) >= 11 is 0. The molecular weight excluding hydrogens is 440 g/mol. The molecule has 36 heavy (non-hydrogen) atoms. The Morgan fingerprint density at radius 2 is 1.39 bits per heavy atom. The van der Waals surface area contributed by atoms with Crippen molar-refractivity contribution in [3.63, 3.8) is 0 Å². The van der Waals surface area contributed by atoms with Gasteiger partial charge in [0.2, 0.25) is 5.69 Å². The van der Waals surface area contributed by atoms with Crippen molar-refractivity contribution in [1.29, 1.82) is 5.26 Å². The van der Waals surface area contributed by atoms with E-state index in [1.54, 1.807) is 0 Å². The Kier molecular flexibility index (Phi) is 5.16. The number of pyridine rings is 1. The Hall–Kier alpha value is -4.68. The van der Waals surface area contributed by atoms with Crippen molar-refractivity contribution < 1.29 is 8.98 Å². The van der Waals surface area contributed by atoms with Crippen LogP contribution in [-0.4, -0.2) is 0 Å². The smallest absolute Gasteiger partial charge is 0.216 e. The van der Waals surface area contributed by atoms with E-state index in [1.165, 1.54) is 0 Å². The summed E-state index contributed by atoms with van der Waals surface area (Å²) in [5.74, 6) is 0. The molecule has 0 amide bonds. The molecule has 0 fully saturated rings. The van der Waals surface area contributed by atoms with Crippen molar-refractivity contribution in [3.8, 4) is 39.6 Å². The van der Waals surface area contributed by atoms with Crippen molar-refractivity contribution in [1.82, 2.24) is 0 Å². The molecule has 6 aromatic rings. The number of aromatic nitrogens is 1. The highest BCUT2D eigenvalue weighted by atomic mass is 16.3. The lowest BCUT2D eigenvalue weighted by molar-refractivity contribution is -0.660. The lowest BCUT2D eigenvalue weighted by Crippen LogP contribution is -2.30. The van der Waals surface area contributed by atoms with E-state index < -0.39 is 0 Å². The molecule has 0 N–H and O–H groups in total. The molecule has 0 spiro atoms. The normalized spacial score (nSPS) is 11.2. The summed E-state index contributed by atoms with van der Waals surface area (Å²) in [7, 11) is 2.05. The Morgan fingerprint density at radius 3 is 2.14 bits per heavy atom. The molecule has 0 aliphatic carbocycles. The van der Waals surface area contributed by atoms with Gasteiger partial charge in [-0.2, -0.15) is 5.26 Å². The molecule has 2 aromatic heterocycles. The molecule has 0 aliphatic heterocycles. The van der Waals surface area contributed by atoms with Crippen LogP contribution in [0, 0.1) is 25.2 Å². The first-order chi connectivity index (χ1) is 17.5. The molecule has 0 unspecified atom stereocenters. The summed E-state index contributed by atoms with van der Waals surface area (Å²) in [6, 6.07) is 33.6. The zero-order valence-electron chi connectivity index (χ0n) is 20.5. The Bertz CT molecular complexity index is 1820. The predicted octanol–water partition coefficient (Wildman–Crippen LogP) is 7.90. The van der Waals surface area contributed by atoms with Crippen molar-refractivity contribution >= 4 is 21.9 Å². The van der Waals surface area contributed by atoms with Crippen LogP contribution in [0.25, 0.3) is 55.4 Å². The standard InChI is InChI=1S/C33H25N2O/c1-21-17-25(23-9-5-4-6-10-23)19-26(18-21)31-24(20-34)13-15-28-27-14-12-22(2)30(32(27)36-33(28)31)29-11-7-8-16-35(29)3/h4-19H,1-3H3/q+1. The average molecular weight is 466 g/mol. The van der Waals surface area contributed by atoms with Crippen LogP contribution in [0.5, 0.6) is 0 Å². The molecule has 0 saturated heterocycles. The lowest BCUT2D eigenvalue weighted by atomic mass is 9.92. The van der Waals surface area contributed by atoms with Crippen molar-refractivity contribution in [3.05, 3.63) is 114 Å². The fourth-order valence-corrected chi connectivity index (χ4v) is 5.21. The van der Waals surface area contributed by atoms with Gasteiger partial charge in [-0.15, -0.1) is 0 Å². The number of nitriles is 1. The minimum Gasteiger partial charge on any atom is -0.454 e. The van der Waals surface area contributed by atoms with Gasteiger partial charge >= 0.3 is 0 Å². The van der Waals surface area contributed by atoms with Crippen molar-refractivity contribution in [2.75, 3.05) is 0 Å². The van der Waals surface area contributed by atoms with Crippen LogP contribution in [0.1, 0.15) is 16.7 Å². The van der Waals surface area contributed by atoms with E-state index in [0.717, 1.165) is 66.6 Å². The zero-order chi connectivity index (χ0) is 24.8. The van der Waals surface area contributed by atoms with E-state index in [2.05, 4.69) is 73.0 Å². The second-order valence-corrected chi connectivity index (χ2v) is 9.36. The second-order valence-electron chi connectivity index (χ2n) is 9.36. The van der Waals surface area contributed by atoms with Gasteiger partial charge in [0.15, 0.2) is 6.20 Å². The Labute approximate surface area is 210 Å². The monoisotopic (exact) mass is 465 g/mol. The predicted molar refractivity (Wildman–Crippen MR) is 145 cm³/mol. The molecule has 0 saturated carbocycles. The molecule has 0 radical (unpaired) electrons. The molecule has 3 nitrogen and oxygen atoms in total. The third-order valence-corrected chi connectivity index (χ3v) is 6.92. The molecular formula is C33H25N2O+. The molecule has 4 aromatic carbocycles. The summed E-state index contributed by atoms with van der Waals surface area (Å²) < 4.78 is 8.84. The number of furan rings is 1. The molecule has 172 valence electrons. The highest BCUT2D eigenvalue weighted by Crippen LogP contribution is 2.42. The van der Waals surface area contributed by atoms with E-state index in [1.807, 2.05) is 55.7 Å². The van der Waals surface area contributed by atoms with Crippen LogP contribution in [0.15, 0.2) is 102 Å². The molecule has 6 rings (SSSR count). The number of rotatable bonds is 3. The van der Waals surface area contributed by atoms with Gasteiger partial charge in [-0.1, -0.05) is 54.6 Å². The summed E-state index contributed by atoms with van der Waals surface area (Å²) in [6.45, 7) is 4.21. The molecule has 0 bridgehead atoms. The molecule has 0 aliphatic rings. The maximum atomic E-state index is 10.1. The zero-order valence-corrected chi connectivity index (χ0v) is 20.5. The number of hydrogen-bond donors (Lipinski definition) is 0. The Balaban J connectivity index is 1.69. The third kappa shape index (κ3) is 3.47. The van der Waals surface area contributed by atoms with Crippen molar-refractivity contribution in [2.24, 2.45) is 7.05 Å². The highest BCUT2D eigenvalue weighted by molar-refractivity contribution is 6.14. The van der Waals surface area contributed by atoms with Crippen LogP contribution in [0.2, 0.25) is 0 Å². The van der Waals surface area contributed by atoms with Gasteiger partial charge in [0.05, 0.1) is 17.2 Å². The minimum atomic E-state index is 0.606. The number of aryl methyl sites for hydroxylation is 3. The first-order valence-corrected chi connectivity index (χ1v) is 12.1. The minimum absolute atomic E-state index is 0.606. The van der Waals surface area contributed by atoms with Gasteiger partial charge in [0.25, 0.3) is 0 Å². The van der Waals surface area contributed by atoms with Crippen LogP contribution in [-0.2, 0) is 7.05 Å². The van der Waals surface area contributed by atoms with E-state index in [-0.39, 0.29) is 0 Å². The molecule has 3 heteroatoms. The van der Waals surface area contributed by atoms with Crippen LogP contribution in [0.3, 0.4) is 0 Å². The molecule has 0 atom stereocenters. The SMILES string of the molecule is Cc1cc(-c2ccccc2)cc(-c2c(C#N)ccc3c2oc2c(-c4cccc[n+]4C)c(C)ccc23)c1. The fraction of sp³-hybridized carbons (Fsp3) is 0.0909.